The molecule has 1 aliphatic heterocycles. The third-order valence-corrected chi connectivity index (χ3v) is 5.06. The number of likely N-dealkylation sites (tertiary alicyclic amines) is 1. The molecule has 154 valence electrons. The van der Waals surface area contributed by atoms with Gasteiger partial charge in [0.05, 0.1) is 5.69 Å². The fourth-order valence-electron chi connectivity index (χ4n) is 3.68. The Balaban J connectivity index is 1.59. The summed E-state index contributed by atoms with van der Waals surface area (Å²) in [6.07, 6.45) is -0.503. The molecule has 0 bridgehead atoms. The summed E-state index contributed by atoms with van der Waals surface area (Å²) >= 11 is 0. The third-order valence-electron chi connectivity index (χ3n) is 5.06. The van der Waals surface area contributed by atoms with E-state index in [4.69, 9.17) is 0 Å². The largest absolute Gasteiger partial charge is 0.433 e. The van der Waals surface area contributed by atoms with Gasteiger partial charge in [-0.1, -0.05) is 13.3 Å². The minimum Gasteiger partial charge on any atom is -0.337 e. The second kappa shape index (κ2) is 7.45. The minimum absolute atomic E-state index is 0.102. The Morgan fingerprint density at radius 1 is 1.34 bits per heavy atom. The van der Waals surface area contributed by atoms with Gasteiger partial charge in [-0.25, -0.2) is 4.98 Å². The van der Waals surface area contributed by atoms with Crippen LogP contribution >= 0.6 is 0 Å². The van der Waals surface area contributed by atoms with E-state index in [1.165, 1.54) is 0 Å². The number of aryl methyl sites for hydroxylation is 1. The van der Waals surface area contributed by atoms with E-state index in [-0.39, 0.29) is 29.8 Å². The van der Waals surface area contributed by atoms with Crippen LogP contribution in [0, 0.1) is 0 Å². The number of nitrogens with zero attached hydrogens (tertiary/aromatic N) is 6. The van der Waals surface area contributed by atoms with Crippen molar-refractivity contribution in [1.29, 1.82) is 0 Å². The highest BCUT2D eigenvalue weighted by Gasteiger charge is 2.37. The van der Waals surface area contributed by atoms with Crippen LogP contribution in [0.2, 0.25) is 0 Å². The number of piperidine rings is 1. The Hall–Kier alpha value is -2.98. The van der Waals surface area contributed by atoms with Crippen molar-refractivity contribution in [2.24, 2.45) is 0 Å². The van der Waals surface area contributed by atoms with Gasteiger partial charge in [-0.3, -0.25) is 9.89 Å². The molecule has 0 aliphatic carbocycles. The molecular formula is C18H20F3N7O. The number of H-pyrrole nitrogens is 1. The summed E-state index contributed by atoms with van der Waals surface area (Å²) in [6, 6.07) is 2.74. The molecule has 0 saturated carbocycles. The number of aromatic nitrogens is 6. The number of fused-ring (bicyclic) bond motifs is 1. The number of rotatable bonds is 4. The standard InChI is InChI=1S/C18H20F3N7O/c1-2-4-12-7-14(26-25-12)16(29)27-6-3-5-11(9-27)13-8-15(18(19,20)21)28-17(24-13)22-10-23-28/h7-8,10-11H,2-6,9H2,1H3,(H,25,26)/t11-/m1/s1. The van der Waals surface area contributed by atoms with E-state index in [1.54, 1.807) is 11.0 Å². The highest BCUT2D eigenvalue weighted by atomic mass is 19.4. The number of carbonyl (C=O) groups is 1. The van der Waals surface area contributed by atoms with Crippen molar-refractivity contribution in [2.75, 3.05) is 13.1 Å². The number of aromatic amines is 1. The lowest BCUT2D eigenvalue weighted by Gasteiger charge is -2.32. The number of carbonyl (C=O) groups excluding carboxylic acids is 1. The first-order valence-corrected chi connectivity index (χ1v) is 9.48. The number of hydrogen-bond acceptors (Lipinski definition) is 5. The molecule has 0 aromatic carbocycles. The maximum Gasteiger partial charge on any atom is 0.433 e. The quantitative estimate of drug-likeness (QED) is 0.718. The zero-order chi connectivity index (χ0) is 20.6. The lowest BCUT2D eigenvalue weighted by molar-refractivity contribution is -0.142. The number of halogens is 3. The number of amides is 1. The van der Waals surface area contributed by atoms with Crippen LogP contribution in [-0.4, -0.2) is 53.7 Å². The van der Waals surface area contributed by atoms with Crippen molar-refractivity contribution in [3.8, 4) is 0 Å². The van der Waals surface area contributed by atoms with Crippen molar-refractivity contribution in [1.82, 2.24) is 34.7 Å². The second-order valence-corrected chi connectivity index (χ2v) is 7.15. The molecule has 3 aromatic heterocycles. The first-order valence-electron chi connectivity index (χ1n) is 9.48. The van der Waals surface area contributed by atoms with Gasteiger partial charge in [0.1, 0.15) is 12.0 Å². The first kappa shape index (κ1) is 19.3. The maximum absolute atomic E-state index is 13.4. The second-order valence-electron chi connectivity index (χ2n) is 7.15. The van der Waals surface area contributed by atoms with Gasteiger partial charge in [0.25, 0.3) is 11.7 Å². The Morgan fingerprint density at radius 3 is 2.93 bits per heavy atom. The molecule has 1 saturated heterocycles. The monoisotopic (exact) mass is 407 g/mol. The van der Waals surface area contributed by atoms with Crippen LogP contribution in [0.3, 0.4) is 0 Å². The van der Waals surface area contributed by atoms with E-state index in [2.05, 4.69) is 25.3 Å². The minimum atomic E-state index is -4.58. The van der Waals surface area contributed by atoms with Crippen LogP contribution in [0.4, 0.5) is 13.2 Å². The van der Waals surface area contributed by atoms with Gasteiger partial charge in [0.15, 0.2) is 5.69 Å². The zero-order valence-electron chi connectivity index (χ0n) is 15.8. The molecule has 4 rings (SSSR count). The summed E-state index contributed by atoms with van der Waals surface area (Å²) in [7, 11) is 0. The molecule has 0 spiro atoms. The van der Waals surface area contributed by atoms with Gasteiger partial charge in [0.2, 0.25) is 0 Å². The van der Waals surface area contributed by atoms with E-state index in [0.717, 1.165) is 30.9 Å². The van der Waals surface area contributed by atoms with Crippen molar-refractivity contribution in [3.05, 3.63) is 41.2 Å². The van der Waals surface area contributed by atoms with E-state index >= 15 is 0 Å². The van der Waals surface area contributed by atoms with E-state index in [1.807, 2.05) is 6.92 Å². The van der Waals surface area contributed by atoms with Crippen LogP contribution in [0.25, 0.3) is 5.78 Å². The average molecular weight is 407 g/mol. The molecule has 1 amide bonds. The molecule has 11 heteroatoms. The van der Waals surface area contributed by atoms with Crippen LogP contribution < -0.4 is 0 Å². The summed E-state index contributed by atoms with van der Waals surface area (Å²) in [5.74, 6) is -0.646. The molecular weight excluding hydrogens is 387 g/mol. The van der Waals surface area contributed by atoms with Gasteiger partial charge in [-0.15, -0.1) is 0 Å². The maximum atomic E-state index is 13.4. The predicted octanol–water partition coefficient (Wildman–Crippen LogP) is 2.84. The molecule has 1 atom stereocenters. The van der Waals surface area contributed by atoms with Gasteiger partial charge in [-0.2, -0.15) is 32.9 Å². The lowest BCUT2D eigenvalue weighted by Crippen LogP contribution is -2.39. The van der Waals surface area contributed by atoms with Gasteiger partial charge in [-0.05, 0) is 31.4 Å². The first-order chi connectivity index (χ1) is 13.9. The molecule has 1 fully saturated rings. The summed E-state index contributed by atoms with van der Waals surface area (Å²) in [5.41, 5.74) is 0.558. The topological polar surface area (TPSA) is 92.1 Å². The zero-order valence-corrected chi connectivity index (χ0v) is 15.8. The Kier molecular flexibility index (Phi) is 4.97. The third kappa shape index (κ3) is 3.81. The van der Waals surface area contributed by atoms with Crippen molar-refractivity contribution in [2.45, 2.75) is 44.7 Å². The van der Waals surface area contributed by atoms with Crippen LogP contribution in [0.1, 0.15) is 59.7 Å². The molecule has 1 N–H and O–H groups in total. The Bertz CT molecular complexity index is 1030. The molecule has 4 heterocycles. The summed E-state index contributed by atoms with van der Waals surface area (Å²) < 4.78 is 41.0. The molecule has 1 aliphatic rings. The SMILES string of the molecule is CCCc1cc(C(=O)N2CCC[C@@H](c3cc(C(F)(F)F)n4ncnc4n3)C2)n[nH]1. The Labute approximate surface area is 164 Å². The normalized spacial score (nSPS) is 17.8. The molecule has 0 radical (unpaired) electrons. The fraction of sp³-hybridized carbons (Fsp3) is 0.500. The number of nitrogens with one attached hydrogen (secondary N) is 1. The summed E-state index contributed by atoms with van der Waals surface area (Å²) in [4.78, 5) is 22.5. The van der Waals surface area contributed by atoms with Gasteiger partial charge >= 0.3 is 6.18 Å². The van der Waals surface area contributed by atoms with Gasteiger partial charge < -0.3 is 4.90 Å². The van der Waals surface area contributed by atoms with E-state index in [9.17, 15) is 18.0 Å². The predicted molar refractivity (Wildman–Crippen MR) is 96.2 cm³/mol. The molecule has 29 heavy (non-hydrogen) atoms. The molecule has 3 aromatic rings. The number of alkyl halides is 3. The lowest BCUT2D eigenvalue weighted by atomic mass is 9.94. The highest BCUT2D eigenvalue weighted by molar-refractivity contribution is 5.92. The number of hydrogen-bond donors (Lipinski definition) is 1. The van der Waals surface area contributed by atoms with Crippen LogP contribution in [-0.2, 0) is 12.6 Å². The van der Waals surface area contributed by atoms with Gasteiger partial charge in [0, 0.05) is 24.7 Å². The molecule has 0 unspecified atom stereocenters. The van der Waals surface area contributed by atoms with E-state index < -0.39 is 11.9 Å². The average Bonchev–Trinajstić information content (AvgIpc) is 3.35. The van der Waals surface area contributed by atoms with Crippen molar-refractivity contribution < 1.29 is 18.0 Å². The summed E-state index contributed by atoms with van der Waals surface area (Å²) in [5, 5.41) is 10.6. The fourth-order valence-corrected chi connectivity index (χ4v) is 3.68. The van der Waals surface area contributed by atoms with E-state index in [0.29, 0.717) is 29.6 Å². The van der Waals surface area contributed by atoms with Crippen molar-refractivity contribution >= 4 is 11.7 Å². The van der Waals surface area contributed by atoms with Crippen LogP contribution in [0.15, 0.2) is 18.5 Å². The van der Waals surface area contributed by atoms with Crippen molar-refractivity contribution in [3.63, 3.8) is 0 Å². The Morgan fingerprint density at radius 2 is 2.17 bits per heavy atom. The summed E-state index contributed by atoms with van der Waals surface area (Å²) in [6.45, 7) is 2.85. The highest BCUT2D eigenvalue weighted by Crippen LogP contribution is 2.33. The van der Waals surface area contributed by atoms with Crippen LogP contribution in [0.5, 0.6) is 0 Å². The molecule has 8 nitrogen and oxygen atoms in total. The smallest absolute Gasteiger partial charge is 0.337 e.